The summed E-state index contributed by atoms with van der Waals surface area (Å²) in [7, 11) is 1.31. The van der Waals surface area contributed by atoms with Crippen LogP contribution in [0, 0.1) is 12.3 Å². The number of nitrogens with one attached hydrogen (secondary N) is 1. The van der Waals surface area contributed by atoms with E-state index in [0.29, 0.717) is 41.0 Å². The zero-order valence-corrected chi connectivity index (χ0v) is 17.5. The minimum Gasteiger partial charge on any atom is -0.465 e. The molecule has 2 aromatic rings. The Bertz CT molecular complexity index is 881. The number of aromatic nitrogens is 2. The molecule has 0 radical (unpaired) electrons. The fourth-order valence-corrected chi connectivity index (χ4v) is 2.81. The zero-order chi connectivity index (χ0) is 21.2. The van der Waals surface area contributed by atoms with Crippen molar-refractivity contribution in [3.05, 3.63) is 34.4 Å². The summed E-state index contributed by atoms with van der Waals surface area (Å²) < 4.78 is 10.8. The number of ether oxygens (including phenoxy) is 2. The number of methoxy groups -OCH3 is 1. The van der Waals surface area contributed by atoms with Crippen LogP contribution in [0.25, 0.3) is 0 Å². The molecule has 0 aliphatic heterocycles. The molecule has 0 saturated carbocycles. The van der Waals surface area contributed by atoms with Crippen molar-refractivity contribution in [3.63, 3.8) is 0 Å². The predicted molar refractivity (Wildman–Crippen MR) is 113 cm³/mol. The van der Waals surface area contributed by atoms with Crippen LogP contribution in [0.4, 0.5) is 17.3 Å². The smallest absolute Gasteiger partial charge is 0.337 e. The minimum absolute atomic E-state index is 0.0586. The van der Waals surface area contributed by atoms with E-state index in [1.165, 1.54) is 13.3 Å². The van der Waals surface area contributed by atoms with Gasteiger partial charge in [-0.15, -0.1) is 6.42 Å². The van der Waals surface area contributed by atoms with E-state index in [1.807, 2.05) is 4.90 Å². The van der Waals surface area contributed by atoms with E-state index in [-0.39, 0.29) is 25.0 Å². The molecule has 2 rings (SSSR count). The lowest BCUT2D eigenvalue weighted by atomic mass is 10.1. The number of esters is 1. The van der Waals surface area contributed by atoms with E-state index in [9.17, 15) is 9.90 Å². The summed E-state index contributed by atoms with van der Waals surface area (Å²) >= 11 is 3.30. The highest BCUT2D eigenvalue weighted by Crippen LogP contribution is 2.27. The average molecular weight is 464 g/mol. The van der Waals surface area contributed by atoms with Crippen LogP contribution in [0.2, 0.25) is 0 Å². The summed E-state index contributed by atoms with van der Waals surface area (Å²) in [4.78, 5) is 22.4. The first-order chi connectivity index (χ1) is 14.0. The summed E-state index contributed by atoms with van der Waals surface area (Å²) in [6.07, 6.45) is 6.74. The van der Waals surface area contributed by atoms with Crippen molar-refractivity contribution in [1.82, 2.24) is 9.97 Å². The van der Waals surface area contributed by atoms with Crippen molar-refractivity contribution < 1.29 is 19.4 Å². The van der Waals surface area contributed by atoms with Crippen LogP contribution in [-0.4, -0.2) is 61.0 Å². The molecule has 1 aromatic heterocycles. The highest BCUT2D eigenvalue weighted by molar-refractivity contribution is 9.10. The lowest BCUT2D eigenvalue weighted by Gasteiger charge is -2.24. The lowest BCUT2D eigenvalue weighted by molar-refractivity contribution is 0.0601. The Kier molecular flexibility index (Phi) is 8.67. The molecule has 154 valence electrons. The summed E-state index contributed by atoms with van der Waals surface area (Å²) in [5.41, 5.74) is 7.24. The molecule has 29 heavy (non-hydrogen) atoms. The topological polar surface area (TPSA) is 123 Å². The van der Waals surface area contributed by atoms with Gasteiger partial charge in [0.25, 0.3) is 0 Å². The Morgan fingerprint density at radius 3 is 2.86 bits per heavy atom. The van der Waals surface area contributed by atoms with Crippen LogP contribution in [-0.2, 0) is 4.74 Å². The number of nitrogens with zero attached hydrogens (tertiary/aromatic N) is 3. The van der Waals surface area contributed by atoms with Gasteiger partial charge in [-0.05, 0) is 34.1 Å². The van der Waals surface area contributed by atoms with Crippen molar-refractivity contribution in [3.8, 4) is 18.2 Å². The Morgan fingerprint density at radius 2 is 2.21 bits per heavy atom. The number of terminal acetylenes is 1. The number of carbonyl (C=O) groups excluding carboxylic acids is 1. The SMILES string of the molecule is C#CCOc1nc(Nc2cc(C(=O)OC)cc(N(CCN)CCO)c2)ncc1Br. The maximum atomic E-state index is 12.1. The van der Waals surface area contributed by atoms with Crippen molar-refractivity contribution in [2.75, 3.05) is 50.2 Å². The van der Waals surface area contributed by atoms with Crippen LogP contribution >= 0.6 is 15.9 Å². The Labute approximate surface area is 177 Å². The molecule has 0 saturated heterocycles. The standard InChI is InChI=1S/C19H22BrN5O4/c1-3-8-29-17-16(20)12-22-19(24-17)23-14-9-13(18(27)28-2)10-15(11-14)25(5-4-21)6-7-26/h1,9-12,26H,4-8,21H2,2H3,(H,22,23,24). The van der Waals surface area contributed by atoms with Crippen LogP contribution in [0.1, 0.15) is 10.4 Å². The quantitative estimate of drug-likeness (QED) is 0.355. The number of rotatable bonds is 10. The molecular formula is C19H22BrN5O4. The monoisotopic (exact) mass is 463 g/mol. The number of benzene rings is 1. The second-order valence-electron chi connectivity index (χ2n) is 5.72. The number of nitrogens with two attached hydrogens (primary N) is 1. The predicted octanol–water partition coefficient (Wildman–Crippen LogP) is 1.54. The van der Waals surface area contributed by atoms with Crippen LogP contribution in [0.5, 0.6) is 5.88 Å². The fourth-order valence-electron chi connectivity index (χ4n) is 2.50. The van der Waals surface area contributed by atoms with Gasteiger partial charge in [0, 0.05) is 31.0 Å². The van der Waals surface area contributed by atoms with E-state index < -0.39 is 5.97 Å². The van der Waals surface area contributed by atoms with Crippen molar-refractivity contribution in [1.29, 1.82) is 0 Å². The van der Waals surface area contributed by atoms with Gasteiger partial charge in [0.2, 0.25) is 11.8 Å². The number of aliphatic hydroxyl groups is 1. The molecule has 1 heterocycles. The minimum atomic E-state index is -0.499. The molecule has 4 N–H and O–H groups in total. The van der Waals surface area contributed by atoms with Gasteiger partial charge < -0.3 is 30.5 Å². The van der Waals surface area contributed by atoms with E-state index in [4.69, 9.17) is 21.6 Å². The lowest BCUT2D eigenvalue weighted by Crippen LogP contribution is -2.32. The van der Waals surface area contributed by atoms with Crippen molar-refractivity contribution >= 4 is 39.2 Å². The normalized spacial score (nSPS) is 10.2. The number of hydrogen-bond acceptors (Lipinski definition) is 9. The molecule has 10 heteroatoms. The Morgan fingerprint density at radius 1 is 1.41 bits per heavy atom. The van der Waals surface area contributed by atoms with Gasteiger partial charge in [0.05, 0.1) is 29.9 Å². The third-order valence-corrected chi connectivity index (χ3v) is 4.28. The number of hydrogen-bond donors (Lipinski definition) is 3. The number of carbonyl (C=O) groups is 1. The molecule has 0 unspecified atom stereocenters. The Hall–Kier alpha value is -2.87. The first-order valence-electron chi connectivity index (χ1n) is 8.67. The third kappa shape index (κ3) is 6.32. The number of anilines is 3. The number of halogens is 1. The van der Waals surface area contributed by atoms with Crippen LogP contribution < -0.4 is 20.7 Å². The van der Waals surface area contributed by atoms with E-state index in [0.717, 1.165) is 0 Å². The molecule has 0 spiro atoms. The zero-order valence-electron chi connectivity index (χ0n) is 15.9. The first-order valence-corrected chi connectivity index (χ1v) is 9.46. The molecule has 0 bridgehead atoms. The highest BCUT2D eigenvalue weighted by atomic mass is 79.9. The van der Waals surface area contributed by atoms with E-state index in [2.05, 4.69) is 37.1 Å². The van der Waals surface area contributed by atoms with Crippen molar-refractivity contribution in [2.45, 2.75) is 0 Å². The van der Waals surface area contributed by atoms with Crippen LogP contribution in [0.15, 0.2) is 28.9 Å². The van der Waals surface area contributed by atoms with Gasteiger partial charge in [-0.2, -0.15) is 4.98 Å². The summed E-state index contributed by atoms with van der Waals surface area (Å²) in [6, 6.07) is 5.08. The average Bonchev–Trinajstić information content (AvgIpc) is 2.73. The molecule has 0 atom stereocenters. The van der Waals surface area contributed by atoms with Gasteiger partial charge in [-0.3, -0.25) is 0 Å². The van der Waals surface area contributed by atoms with Gasteiger partial charge >= 0.3 is 5.97 Å². The molecule has 0 aliphatic carbocycles. The molecular weight excluding hydrogens is 442 g/mol. The first kappa shape index (κ1) is 22.4. The van der Waals surface area contributed by atoms with Gasteiger partial charge in [-0.25, -0.2) is 9.78 Å². The van der Waals surface area contributed by atoms with Crippen LogP contribution in [0.3, 0.4) is 0 Å². The highest BCUT2D eigenvalue weighted by Gasteiger charge is 2.14. The molecule has 0 fully saturated rings. The Balaban J connectivity index is 2.39. The summed E-state index contributed by atoms with van der Waals surface area (Å²) in [6.45, 7) is 1.25. The maximum absolute atomic E-state index is 12.1. The third-order valence-electron chi connectivity index (χ3n) is 3.73. The van der Waals surface area contributed by atoms with Gasteiger partial charge in [-0.1, -0.05) is 5.92 Å². The summed E-state index contributed by atoms with van der Waals surface area (Å²) in [5, 5.41) is 12.4. The largest absolute Gasteiger partial charge is 0.465 e. The molecule has 0 aliphatic rings. The fraction of sp³-hybridized carbons (Fsp3) is 0.316. The van der Waals surface area contributed by atoms with Crippen molar-refractivity contribution in [2.24, 2.45) is 5.73 Å². The second-order valence-corrected chi connectivity index (χ2v) is 6.58. The maximum Gasteiger partial charge on any atom is 0.337 e. The van der Waals surface area contributed by atoms with E-state index >= 15 is 0 Å². The molecule has 9 nitrogen and oxygen atoms in total. The summed E-state index contributed by atoms with van der Waals surface area (Å²) in [5.74, 6) is 2.41. The molecule has 1 aromatic carbocycles. The molecule has 0 amide bonds. The van der Waals surface area contributed by atoms with E-state index in [1.54, 1.807) is 18.2 Å². The van der Waals surface area contributed by atoms with Gasteiger partial charge in [0.15, 0.2) is 6.61 Å². The second kappa shape index (κ2) is 11.2. The van der Waals surface area contributed by atoms with Gasteiger partial charge in [0.1, 0.15) is 0 Å². The number of aliphatic hydroxyl groups excluding tert-OH is 1.